The van der Waals surface area contributed by atoms with Gasteiger partial charge >= 0.3 is 11.9 Å². The van der Waals surface area contributed by atoms with Crippen molar-refractivity contribution < 1.29 is 30.0 Å². The molecule has 0 radical (unpaired) electrons. The van der Waals surface area contributed by atoms with E-state index in [0.717, 1.165) is 0 Å². The van der Waals surface area contributed by atoms with Crippen LogP contribution in [0.2, 0.25) is 0 Å². The molecule has 0 amide bonds. The van der Waals surface area contributed by atoms with Crippen LogP contribution in [0.4, 0.5) is 0 Å². The largest absolute Gasteiger partial charge is 0.481 e. The molecule has 6 atom stereocenters. The Bertz CT molecular complexity index is 597. The van der Waals surface area contributed by atoms with E-state index in [1.165, 1.54) is 6.08 Å². The minimum Gasteiger partial charge on any atom is -0.481 e. The third-order valence-corrected chi connectivity index (χ3v) is 7.09. The Balaban J connectivity index is 1.92. The van der Waals surface area contributed by atoms with Crippen molar-refractivity contribution >= 4 is 11.9 Å². The van der Waals surface area contributed by atoms with Gasteiger partial charge in [0.05, 0.1) is 12.0 Å². The zero-order valence-electron chi connectivity index (χ0n) is 11.5. The van der Waals surface area contributed by atoms with E-state index < -0.39 is 40.2 Å². The van der Waals surface area contributed by atoms with Crippen LogP contribution in [0.25, 0.3) is 0 Å². The highest BCUT2D eigenvalue weighted by atomic mass is 16.4. The van der Waals surface area contributed by atoms with Gasteiger partial charge in [-0.15, -0.1) is 0 Å². The first-order valence-electron chi connectivity index (χ1n) is 7.33. The van der Waals surface area contributed by atoms with Crippen molar-refractivity contribution in [3.63, 3.8) is 0 Å². The van der Waals surface area contributed by atoms with E-state index in [2.05, 4.69) is 0 Å². The number of hydrogen-bond donors (Lipinski definition) is 4. The lowest BCUT2D eigenvalue weighted by molar-refractivity contribution is -0.150. The van der Waals surface area contributed by atoms with Gasteiger partial charge < -0.3 is 20.4 Å². The lowest BCUT2D eigenvalue weighted by atomic mass is 9.62. The maximum absolute atomic E-state index is 11.6. The number of carboxylic acids is 2. The molecule has 0 saturated heterocycles. The Hall–Kier alpha value is -1.40. The molecule has 3 fully saturated rings. The van der Waals surface area contributed by atoms with Gasteiger partial charge in [0.25, 0.3) is 0 Å². The van der Waals surface area contributed by atoms with Gasteiger partial charge in [-0.2, -0.15) is 0 Å². The quantitative estimate of drug-likeness (QED) is 0.593. The molecule has 0 aromatic rings. The SMILES string of the molecule is O=C(O)C1=C[C@H](O)[C@@]23CC1[C@]1(CO)C[C@]12CC[C@H]3C(=O)O. The number of fused-ring (bicyclic) bond motifs is 2. The van der Waals surface area contributed by atoms with Crippen molar-refractivity contribution in [2.24, 2.45) is 28.1 Å². The van der Waals surface area contributed by atoms with Gasteiger partial charge in [0.15, 0.2) is 0 Å². The molecule has 4 rings (SSSR count). The average molecular weight is 294 g/mol. The second-order valence-corrected chi connectivity index (χ2v) is 7.17. The smallest absolute Gasteiger partial charge is 0.331 e. The summed E-state index contributed by atoms with van der Waals surface area (Å²) in [4.78, 5) is 23.1. The lowest BCUT2D eigenvalue weighted by Crippen LogP contribution is -2.47. The number of aliphatic hydroxyl groups is 2. The normalized spacial score (nSPS) is 52.9. The molecule has 1 unspecified atom stereocenters. The van der Waals surface area contributed by atoms with E-state index in [0.29, 0.717) is 25.7 Å². The van der Waals surface area contributed by atoms with Gasteiger partial charge in [0, 0.05) is 23.0 Å². The molecule has 4 N–H and O–H groups in total. The number of aliphatic hydroxyl groups excluding tert-OH is 2. The Kier molecular flexibility index (Phi) is 2.21. The molecule has 0 aliphatic heterocycles. The molecule has 6 heteroatoms. The molecule has 0 aromatic heterocycles. The summed E-state index contributed by atoms with van der Waals surface area (Å²) in [7, 11) is 0. The van der Waals surface area contributed by atoms with E-state index in [-0.39, 0.29) is 18.1 Å². The third kappa shape index (κ3) is 1.09. The summed E-state index contributed by atoms with van der Waals surface area (Å²) in [5.74, 6) is -2.99. The summed E-state index contributed by atoms with van der Waals surface area (Å²) >= 11 is 0. The number of carboxylic acid groups (broad SMARTS) is 2. The molecule has 2 spiro atoms. The lowest BCUT2D eigenvalue weighted by Gasteiger charge is -2.42. The van der Waals surface area contributed by atoms with Gasteiger partial charge in [0.2, 0.25) is 0 Å². The molecule has 3 saturated carbocycles. The van der Waals surface area contributed by atoms with Gasteiger partial charge in [-0.3, -0.25) is 4.79 Å². The maximum Gasteiger partial charge on any atom is 0.331 e. The zero-order chi connectivity index (χ0) is 15.2. The first kappa shape index (κ1) is 13.3. The van der Waals surface area contributed by atoms with Crippen molar-refractivity contribution in [2.45, 2.75) is 31.8 Å². The predicted octanol–water partition coefficient (Wildman–Crippen LogP) is 0.242. The maximum atomic E-state index is 11.6. The van der Waals surface area contributed by atoms with Crippen LogP contribution >= 0.6 is 0 Å². The van der Waals surface area contributed by atoms with Crippen LogP contribution in [0.1, 0.15) is 25.7 Å². The van der Waals surface area contributed by atoms with Crippen molar-refractivity contribution in [3.05, 3.63) is 11.6 Å². The van der Waals surface area contributed by atoms with E-state index in [4.69, 9.17) is 0 Å². The first-order valence-corrected chi connectivity index (χ1v) is 7.33. The molecular formula is C15H18O6. The van der Waals surface area contributed by atoms with Gasteiger partial charge in [-0.05, 0) is 43.1 Å². The fourth-order valence-corrected chi connectivity index (χ4v) is 6.34. The zero-order valence-corrected chi connectivity index (χ0v) is 11.5. The summed E-state index contributed by atoms with van der Waals surface area (Å²) in [6.07, 6.45) is 2.43. The number of aliphatic carboxylic acids is 2. The van der Waals surface area contributed by atoms with Crippen LogP contribution in [0, 0.1) is 28.1 Å². The van der Waals surface area contributed by atoms with Crippen LogP contribution < -0.4 is 0 Å². The average Bonchev–Trinajstić information content (AvgIpc) is 2.90. The van der Waals surface area contributed by atoms with Crippen LogP contribution in [-0.2, 0) is 9.59 Å². The van der Waals surface area contributed by atoms with E-state index in [1.54, 1.807) is 0 Å². The van der Waals surface area contributed by atoms with Crippen molar-refractivity contribution in [1.82, 2.24) is 0 Å². The van der Waals surface area contributed by atoms with Gasteiger partial charge in [-0.25, -0.2) is 4.79 Å². The molecular weight excluding hydrogens is 276 g/mol. The standard InChI is InChI=1S/C15H18O6/c16-6-13-5-14(13)2-1-8(12(20)21)15(14)4-9(13)7(11(18)19)3-10(15)17/h3,8-10,16-17H,1-2,4-6H2,(H,18,19)(H,20,21)/t8-,9?,10-,13+,14+,15-/m0/s1. The van der Waals surface area contributed by atoms with Crippen LogP contribution in [0.15, 0.2) is 11.6 Å². The van der Waals surface area contributed by atoms with Crippen molar-refractivity contribution in [2.75, 3.05) is 6.61 Å². The number of hydrogen-bond acceptors (Lipinski definition) is 4. The minimum absolute atomic E-state index is 0.136. The molecule has 21 heavy (non-hydrogen) atoms. The second kappa shape index (κ2) is 3.50. The first-order chi connectivity index (χ1) is 9.86. The Morgan fingerprint density at radius 2 is 2.05 bits per heavy atom. The monoisotopic (exact) mass is 294 g/mol. The van der Waals surface area contributed by atoms with Gasteiger partial charge in [-0.1, -0.05) is 0 Å². The third-order valence-electron chi connectivity index (χ3n) is 7.09. The number of rotatable bonds is 3. The molecule has 4 aliphatic rings. The van der Waals surface area contributed by atoms with Gasteiger partial charge in [0.1, 0.15) is 0 Å². The fourth-order valence-electron chi connectivity index (χ4n) is 6.34. The molecule has 0 aromatic carbocycles. The van der Waals surface area contributed by atoms with E-state index in [9.17, 15) is 30.0 Å². The van der Waals surface area contributed by atoms with Crippen LogP contribution in [-0.4, -0.2) is 45.1 Å². The summed E-state index contributed by atoms with van der Waals surface area (Å²) in [5, 5.41) is 39.4. The second-order valence-electron chi connectivity index (χ2n) is 7.17. The summed E-state index contributed by atoms with van der Waals surface area (Å²) in [5.41, 5.74) is -1.60. The van der Waals surface area contributed by atoms with Crippen molar-refractivity contribution in [3.8, 4) is 0 Å². The van der Waals surface area contributed by atoms with Crippen LogP contribution in [0.5, 0.6) is 0 Å². The Morgan fingerprint density at radius 1 is 1.33 bits per heavy atom. The Labute approximate surface area is 121 Å². The predicted molar refractivity (Wildman–Crippen MR) is 69.2 cm³/mol. The summed E-state index contributed by atoms with van der Waals surface area (Å²) < 4.78 is 0. The minimum atomic E-state index is -1.07. The summed E-state index contributed by atoms with van der Waals surface area (Å²) in [6.45, 7) is -0.136. The van der Waals surface area contributed by atoms with Crippen molar-refractivity contribution in [1.29, 1.82) is 0 Å². The highest BCUT2D eigenvalue weighted by Gasteiger charge is 2.89. The topological polar surface area (TPSA) is 115 Å². The molecule has 6 nitrogen and oxygen atoms in total. The molecule has 4 aliphatic carbocycles. The summed E-state index contributed by atoms with van der Waals surface area (Å²) in [6, 6.07) is 0. The molecule has 2 bridgehead atoms. The van der Waals surface area contributed by atoms with E-state index in [1.807, 2.05) is 0 Å². The molecule has 114 valence electrons. The molecule has 0 heterocycles. The fraction of sp³-hybridized carbons (Fsp3) is 0.733. The van der Waals surface area contributed by atoms with Crippen LogP contribution in [0.3, 0.4) is 0 Å². The number of carbonyl (C=O) groups is 2. The van der Waals surface area contributed by atoms with E-state index >= 15 is 0 Å². The highest BCUT2D eigenvalue weighted by Crippen LogP contribution is 2.90. The Morgan fingerprint density at radius 3 is 2.62 bits per heavy atom. The highest BCUT2D eigenvalue weighted by molar-refractivity contribution is 5.89.